The molecule has 1 aliphatic heterocycles. The second-order valence-electron chi connectivity index (χ2n) is 8.20. The number of hydrogen-bond acceptors (Lipinski definition) is 3. The van der Waals surface area contributed by atoms with Gasteiger partial charge in [-0.1, -0.05) is 36.4 Å². The zero-order chi connectivity index (χ0) is 22.6. The molecular weight excluding hydrogens is 414 g/mol. The number of ketones is 1. The van der Waals surface area contributed by atoms with Gasteiger partial charge in [0.25, 0.3) is 5.91 Å². The van der Waals surface area contributed by atoms with Crippen LogP contribution in [0.2, 0.25) is 0 Å². The third-order valence-electron chi connectivity index (χ3n) is 6.16. The van der Waals surface area contributed by atoms with Gasteiger partial charge in [0, 0.05) is 11.1 Å². The Labute approximate surface area is 182 Å². The molecule has 3 aromatic rings. The average Bonchev–Trinajstić information content (AvgIpc) is 3.25. The van der Waals surface area contributed by atoms with Gasteiger partial charge in [0.05, 0.1) is 6.54 Å². The van der Waals surface area contributed by atoms with Gasteiger partial charge in [-0.05, 0) is 59.9 Å². The minimum absolute atomic E-state index is 0.292. The van der Waals surface area contributed by atoms with Crippen LogP contribution in [0.3, 0.4) is 0 Å². The Bertz CT molecular complexity index is 1320. The number of benzene rings is 3. The number of imide groups is 1. The van der Waals surface area contributed by atoms with Crippen LogP contribution in [0.5, 0.6) is 0 Å². The van der Waals surface area contributed by atoms with Crippen LogP contribution >= 0.6 is 0 Å². The van der Waals surface area contributed by atoms with E-state index in [0.717, 1.165) is 46.2 Å². The minimum Gasteiger partial charge on any atom is -0.319 e. The Morgan fingerprint density at radius 2 is 1.75 bits per heavy atom. The van der Waals surface area contributed by atoms with Crippen molar-refractivity contribution in [2.75, 3.05) is 6.54 Å². The molecule has 0 aromatic heterocycles. The van der Waals surface area contributed by atoms with Crippen molar-refractivity contribution in [1.82, 2.24) is 10.2 Å². The molecule has 1 fully saturated rings. The highest BCUT2D eigenvalue weighted by atomic mass is 19.1. The summed E-state index contributed by atoms with van der Waals surface area (Å²) in [7, 11) is 0. The Hall–Kier alpha value is -3.87. The molecule has 1 saturated heterocycles. The van der Waals surface area contributed by atoms with Crippen molar-refractivity contribution in [2.45, 2.75) is 18.9 Å². The molecular formula is C25H18F2N2O3. The summed E-state index contributed by atoms with van der Waals surface area (Å²) in [6.07, 6.45) is 0.782. The fourth-order valence-corrected chi connectivity index (χ4v) is 4.44. The van der Waals surface area contributed by atoms with Crippen molar-refractivity contribution in [3.8, 4) is 11.1 Å². The van der Waals surface area contributed by atoms with E-state index in [0.29, 0.717) is 5.56 Å². The lowest BCUT2D eigenvalue weighted by molar-refractivity contribution is -0.130. The molecule has 7 heteroatoms. The molecule has 5 nitrogen and oxygen atoms in total. The lowest BCUT2D eigenvalue weighted by Crippen LogP contribution is -2.42. The standard InChI is InChI=1S/C25H18F2N2O3/c1-25(20-12-17(26)8-9-21(20)27)23(31)29(24(32)28-25)13-22(30)16-7-6-15-10-14-4-2-3-5-18(14)19(15)11-16/h2-9,11-12H,10,13H2,1H3,(H,28,32). The Morgan fingerprint density at radius 3 is 2.56 bits per heavy atom. The van der Waals surface area contributed by atoms with Crippen molar-refractivity contribution in [2.24, 2.45) is 0 Å². The summed E-state index contributed by atoms with van der Waals surface area (Å²) < 4.78 is 28.0. The van der Waals surface area contributed by atoms with E-state index in [1.165, 1.54) is 12.5 Å². The number of urea groups is 1. The van der Waals surface area contributed by atoms with Crippen LogP contribution in [-0.4, -0.2) is 29.2 Å². The van der Waals surface area contributed by atoms with Crippen LogP contribution in [0.15, 0.2) is 60.7 Å². The van der Waals surface area contributed by atoms with E-state index in [1.54, 1.807) is 12.1 Å². The first-order valence-electron chi connectivity index (χ1n) is 10.1. The van der Waals surface area contributed by atoms with Gasteiger partial charge in [-0.2, -0.15) is 0 Å². The monoisotopic (exact) mass is 432 g/mol. The lowest BCUT2D eigenvalue weighted by Gasteiger charge is -2.22. The number of carbonyl (C=O) groups excluding carboxylic acids is 3. The van der Waals surface area contributed by atoms with Crippen molar-refractivity contribution in [3.63, 3.8) is 0 Å². The Morgan fingerprint density at radius 1 is 1.00 bits per heavy atom. The summed E-state index contributed by atoms with van der Waals surface area (Å²) in [6, 6.07) is 15.1. The summed E-state index contributed by atoms with van der Waals surface area (Å²) >= 11 is 0. The third-order valence-corrected chi connectivity index (χ3v) is 6.16. The van der Waals surface area contributed by atoms with Crippen molar-refractivity contribution < 1.29 is 23.2 Å². The molecule has 0 saturated carbocycles. The molecule has 1 atom stereocenters. The number of nitrogens with one attached hydrogen (secondary N) is 1. The zero-order valence-corrected chi connectivity index (χ0v) is 17.1. The largest absolute Gasteiger partial charge is 0.325 e. The average molecular weight is 432 g/mol. The molecule has 0 bridgehead atoms. The summed E-state index contributed by atoms with van der Waals surface area (Å²) in [5.74, 6) is -2.80. The first-order chi connectivity index (χ1) is 15.3. The molecule has 3 aromatic carbocycles. The van der Waals surface area contributed by atoms with Crippen LogP contribution in [0, 0.1) is 11.6 Å². The number of fused-ring (bicyclic) bond motifs is 3. The predicted octanol–water partition coefficient (Wildman–Crippen LogP) is 4.19. The molecule has 1 aliphatic carbocycles. The number of nitrogens with zero attached hydrogens (tertiary/aromatic N) is 1. The van der Waals surface area contributed by atoms with E-state index in [9.17, 15) is 23.2 Å². The van der Waals surface area contributed by atoms with E-state index < -0.39 is 41.4 Å². The predicted molar refractivity (Wildman–Crippen MR) is 113 cm³/mol. The number of rotatable bonds is 4. The first-order valence-corrected chi connectivity index (χ1v) is 10.1. The fraction of sp³-hybridized carbons (Fsp3) is 0.160. The highest BCUT2D eigenvalue weighted by Crippen LogP contribution is 2.37. The van der Waals surface area contributed by atoms with Gasteiger partial charge in [0.1, 0.15) is 17.2 Å². The van der Waals surface area contributed by atoms with E-state index in [-0.39, 0.29) is 5.56 Å². The molecule has 0 spiro atoms. The van der Waals surface area contributed by atoms with E-state index in [2.05, 4.69) is 5.32 Å². The van der Waals surface area contributed by atoms with E-state index >= 15 is 0 Å². The maximum absolute atomic E-state index is 14.3. The van der Waals surface area contributed by atoms with E-state index in [4.69, 9.17) is 0 Å². The maximum atomic E-state index is 14.3. The second-order valence-corrected chi connectivity index (χ2v) is 8.20. The van der Waals surface area contributed by atoms with Crippen molar-refractivity contribution in [3.05, 3.63) is 94.6 Å². The van der Waals surface area contributed by atoms with Crippen LogP contribution in [0.4, 0.5) is 13.6 Å². The summed E-state index contributed by atoms with van der Waals surface area (Å²) in [4.78, 5) is 39.2. The summed E-state index contributed by atoms with van der Waals surface area (Å²) in [6.45, 7) is 0.791. The minimum atomic E-state index is -1.81. The van der Waals surface area contributed by atoms with Crippen LogP contribution in [0.25, 0.3) is 11.1 Å². The van der Waals surface area contributed by atoms with Gasteiger partial charge in [0.15, 0.2) is 5.78 Å². The van der Waals surface area contributed by atoms with Crippen LogP contribution in [0.1, 0.15) is 34.0 Å². The number of halogens is 2. The van der Waals surface area contributed by atoms with Crippen LogP contribution in [-0.2, 0) is 16.8 Å². The maximum Gasteiger partial charge on any atom is 0.325 e. The van der Waals surface area contributed by atoms with E-state index in [1.807, 2.05) is 30.3 Å². The van der Waals surface area contributed by atoms with Gasteiger partial charge in [-0.15, -0.1) is 0 Å². The third kappa shape index (κ3) is 3.00. The molecule has 160 valence electrons. The smallest absolute Gasteiger partial charge is 0.319 e. The SMILES string of the molecule is CC1(c2cc(F)ccc2F)NC(=O)N(CC(=O)c2ccc3c(c2)-c2ccccc2C3)C1=O. The number of hydrogen-bond donors (Lipinski definition) is 1. The highest BCUT2D eigenvalue weighted by Gasteiger charge is 2.50. The summed E-state index contributed by atoms with van der Waals surface area (Å²) in [5, 5.41) is 2.40. The molecule has 5 rings (SSSR count). The number of carbonyl (C=O) groups is 3. The molecule has 1 N–H and O–H groups in total. The normalized spacial score (nSPS) is 19.0. The van der Waals surface area contributed by atoms with Gasteiger partial charge in [0.2, 0.25) is 0 Å². The molecule has 2 aliphatic rings. The zero-order valence-electron chi connectivity index (χ0n) is 17.1. The van der Waals surface area contributed by atoms with Gasteiger partial charge in [-0.3, -0.25) is 14.5 Å². The number of Topliss-reactive ketones (excluding diaryl/α,β-unsaturated/α-hetero) is 1. The quantitative estimate of drug-likeness (QED) is 0.389. The van der Waals surface area contributed by atoms with Gasteiger partial charge in [-0.25, -0.2) is 13.6 Å². The van der Waals surface area contributed by atoms with Crippen molar-refractivity contribution >= 4 is 17.7 Å². The Balaban J connectivity index is 1.42. The molecule has 1 unspecified atom stereocenters. The topological polar surface area (TPSA) is 66.5 Å². The second kappa shape index (κ2) is 7.09. The van der Waals surface area contributed by atoms with Crippen LogP contribution < -0.4 is 5.32 Å². The number of amides is 3. The molecule has 0 radical (unpaired) electrons. The van der Waals surface area contributed by atoms with Crippen molar-refractivity contribution in [1.29, 1.82) is 0 Å². The first kappa shape index (κ1) is 20.1. The lowest BCUT2D eigenvalue weighted by atomic mass is 9.91. The van der Waals surface area contributed by atoms with Gasteiger partial charge >= 0.3 is 6.03 Å². The molecule has 1 heterocycles. The highest BCUT2D eigenvalue weighted by molar-refractivity contribution is 6.11. The fourth-order valence-electron chi connectivity index (χ4n) is 4.44. The summed E-state index contributed by atoms with van der Waals surface area (Å²) in [5.41, 5.74) is 2.56. The molecule has 32 heavy (non-hydrogen) atoms. The Kier molecular flexibility index (Phi) is 4.44. The molecule has 3 amide bonds. The van der Waals surface area contributed by atoms with Gasteiger partial charge < -0.3 is 5.32 Å².